The summed E-state index contributed by atoms with van der Waals surface area (Å²) in [6.07, 6.45) is 3.19. The van der Waals surface area contributed by atoms with E-state index in [0.717, 1.165) is 19.3 Å². The van der Waals surface area contributed by atoms with Gasteiger partial charge in [-0.2, -0.15) is 0 Å². The van der Waals surface area contributed by atoms with Crippen molar-refractivity contribution < 1.29 is 14.2 Å². The van der Waals surface area contributed by atoms with Crippen LogP contribution in [0.2, 0.25) is 0 Å². The van der Waals surface area contributed by atoms with E-state index in [-0.39, 0.29) is 12.0 Å². The van der Waals surface area contributed by atoms with E-state index in [9.17, 15) is 9.50 Å². The molecule has 0 rings (SSSR count). The molecule has 0 aliphatic rings. The summed E-state index contributed by atoms with van der Waals surface area (Å²) in [5.74, 6) is -0.0396. The first-order valence-electron chi connectivity index (χ1n) is 6.33. The Kier molecular flexibility index (Phi) is 7.64. The van der Waals surface area contributed by atoms with E-state index in [1.807, 2.05) is 0 Å². The Morgan fingerprint density at radius 3 is 2.53 bits per heavy atom. The van der Waals surface area contributed by atoms with Crippen LogP contribution in [0.5, 0.6) is 0 Å². The zero-order valence-corrected chi connectivity index (χ0v) is 11.6. The van der Waals surface area contributed by atoms with Crippen LogP contribution in [-0.4, -0.2) is 23.9 Å². The highest BCUT2D eigenvalue weighted by atomic mass is 19.1. The number of aliphatic hydroxyl groups excluding tert-OH is 1. The van der Waals surface area contributed by atoms with Crippen LogP contribution in [-0.2, 0) is 4.74 Å². The Labute approximate surface area is 105 Å². The maximum absolute atomic E-state index is 12.5. The van der Waals surface area contributed by atoms with Crippen LogP contribution in [0.3, 0.4) is 0 Å². The normalized spacial score (nSPS) is 15.6. The van der Waals surface area contributed by atoms with E-state index in [0.29, 0.717) is 12.3 Å². The monoisotopic (exact) mass is 246 g/mol. The molecule has 17 heavy (non-hydrogen) atoms. The molecule has 0 spiro atoms. The van der Waals surface area contributed by atoms with Crippen molar-refractivity contribution in [1.82, 2.24) is 0 Å². The van der Waals surface area contributed by atoms with Crippen LogP contribution in [0.1, 0.15) is 52.9 Å². The van der Waals surface area contributed by atoms with Gasteiger partial charge in [0, 0.05) is 13.5 Å². The first kappa shape index (κ1) is 16.6. The third-order valence-electron chi connectivity index (χ3n) is 3.16. The van der Waals surface area contributed by atoms with E-state index in [2.05, 4.69) is 27.4 Å². The molecule has 0 aromatic rings. The molecule has 2 unspecified atom stereocenters. The number of halogens is 1. The molecule has 0 aliphatic heterocycles. The largest absolute Gasteiger partial charge is 0.393 e. The minimum absolute atomic E-state index is 0.0634. The number of aliphatic hydroxyl groups is 1. The maximum Gasteiger partial charge on any atom is 0.0953 e. The summed E-state index contributed by atoms with van der Waals surface area (Å²) in [6.45, 7) is 9.39. The topological polar surface area (TPSA) is 29.5 Å². The number of methoxy groups -OCH3 is 1. The van der Waals surface area contributed by atoms with Crippen LogP contribution in [0.25, 0.3) is 0 Å². The standard InChI is InChI=1S/C14H27FO2/c1-11(9-13(16)10-12(2)15)7-6-8-14(3,4)17-5/h11,13,16H,2,6-10H2,1,3-5H3. The summed E-state index contributed by atoms with van der Waals surface area (Å²) in [5, 5.41) is 9.57. The Bertz CT molecular complexity index is 226. The highest BCUT2D eigenvalue weighted by Gasteiger charge is 2.17. The molecule has 0 radical (unpaired) electrons. The second-order valence-electron chi connectivity index (χ2n) is 5.57. The molecular formula is C14H27FO2. The first-order valence-corrected chi connectivity index (χ1v) is 6.33. The van der Waals surface area contributed by atoms with Crippen molar-refractivity contribution in [3.8, 4) is 0 Å². The molecule has 102 valence electrons. The molecule has 0 saturated carbocycles. The fourth-order valence-electron chi connectivity index (χ4n) is 1.90. The summed E-state index contributed by atoms with van der Waals surface area (Å²) >= 11 is 0. The molecule has 3 heteroatoms. The summed E-state index contributed by atoms with van der Waals surface area (Å²) in [5.41, 5.74) is -0.0778. The molecule has 2 nitrogen and oxygen atoms in total. The van der Waals surface area contributed by atoms with Gasteiger partial charge in [-0.15, -0.1) is 0 Å². The summed E-state index contributed by atoms with van der Waals surface area (Å²) in [6, 6.07) is 0. The molecule has 0 aromatic heterocycles. The molecule has 2 atom stereocenters. The predicted molar refractivity (Wildman–Crippen MR) is 69.6 cm³/mol. The quantitative estimate of drug-likeness (QED) is 0.669. The predicted octanol–water partition coefficient (Wildman–Crippen LogP) is 3.84. The van der Waals surface area contributed by atoms with E-state index in [1.165, 1.54) is 0 Å². The minimum Gasteiger partial charge on any atom is -0.393 e. The van der Waals surface area contributed by atoms with Gasteiger partial charge in [0.2, 0.25) is 0 Å². The van der Waals surface area contributed by atoms with Gasteiger partial charge in [0.1, 0.15) is 0 Å². The lowest BCUT2D eigenvalue weighted by Gasteiger charge is -2.23. The molecule has 0 aliphatic carbocycles. The average Bonchev–Trinajstić information content (AvgIpc) is 2.15. The van der Waals surface area contributed by atoms with E-state index in [1.54, 1.807) is 7.11 Å². The van der Waals surface area contributed by atoms with Gasteiger partial charge in [0.15, 0.2) is 0 Å². The van der Waals surface area contributed by atoms with Gasteiger partial charge in [-0.25, -0.2) is 4.39 Å². The lowest BCUT2D eigenvalue weighted by Crippen LogP contribution is -2.22. The van der Waals surface area contributed by atoms with E-state index < -0.39 is 11.9 Å². The summed E-state index contributed by atoms with van der Waals surface area (Å²) in [4.78, 5) is 0. The van der Waals surface area contributed by atoms with Crippen molar-refractivity contribution in [2.24, 2.45) is 5.92 Å². The fourth-order valence-corrected chi connectivity index (χ4v) is 1.90. The van der Waals surface area contributed by atoms with Gasteiger partial charge in [0.05, 0.1) is 17.5 Å². The van der Waals surface area contributed by atoms with Gasteiger partial charge in [-0.1, -0.05) is 26.3 Å². The maximum atomic E-state index is 12.5. The average molecular weight is 246 g/mol. The lowest BCUT2D eigenvalue weighted by molar-refractivity contribution is 0.0123. The van der Waals surface area contributed by atoms with Crippen molar-refractivity contribution in [3.63, 3.8) is 0 Å². The summed E-state index contributed by atoms with van der Waals surface area (Å²) < 4.78 is 17.8. The molecule has 0 amide bonds. The molecule has 0 heterocycles. The van der Waals surface area contributed by atoms with Gasteiger partial charge in [0.25, 0.3) is 0 Å². The molecule has 0 fully saturated rings. The minimum atomic E-state index is -0.599. The zero-order chi connectivity index (χ0) is 13.5. The lowest BCUT2D eigenvalue weighted by atomic mass is 9.92. The van der Waals surface area contributed by atoms with Gasteiger partial charge < -0.3 is 9.84 Å². The highest BCUT2D eigenvalue weighted by molar-refractivity contribution is 4.83. The summed E-state index contributed by atoms with van der Waals surface area (Å²) in [7, 11) is 1.72. The van der Waals surface area contributed by atoms with Crippen LogP contribution in [0.4, 0.5) is 4.39 Å². The highest BCUT2D eigenvalue weighted by Crippen LogP contribution is 2.22. The van der Waals surface area contributed by atoms with Gasteiger partial charge in [-0.3, -0.25) is 0 Å². The van der Waals surface area contributed by atoms with Crippen LogP contribution < -0.4 is 0 Å². The second kappa shape index (κ2) is 7.83. The van der Waals surface area contributed by atoms with Crippen molar-refractivity contribution in [2.75, 3.05) is 7.11 Å². The Morgan fingerprint density at radius 1 is 1.47 bits per heavy atom. The molecule has 0 bridgehead atoms. The van der Waals surface area contributed by atoms with Gasteiger partial charge in [-0.05, 0) is 32.6 Å². The van der Waals surface area contributed by atoms with Crippen LogP contribution in [0.15, 0.2) is 12.4 Å². The third-order valence-corrected chi connectivity index (χ3v) is 3.16. The van der Waals surface area contributed by atoms with Crippen molar-refractivity contribution in [3.05, 3.63) is 12.4 Å². The Morgan fingerprint density at radius 2 is 2.06 bits per heavy atom. The fraction of sp³-hybridized carbons (Fsp3) is 0.857. The molecule has 1 N–H and O–H groups in total. The molecular weight excluding hydrogens is 219 g/mol. The molecule has 0 aromatic carbocycles. The molecule has 0 saturated heterocycles. The van der Waals surface area contributed by atoms with Gasteiger partial charge >= 0.3 is 0 Å². The van der Waals surface area contributed by atoms with Crippen LogP contribution in [0, 0.1) is 5.92 Å². The number of hydrogen-bond donors (Lipinski definition) is 1. The van der Waals surface area contributed by atoms with E-state index in [4.69, 9.17) is 4.74 Å². The SMILES string of the molecule is C=C(F)CC(O)CC(C)CCCC(C)(C)OC. The number of ether oxygens (including phenoxy) is 1. The smallest absolute Gasteiger partial charge is 0.0953 e. The Balaban J connectivity index is 3.72. The Hall–Kier alpha value is -0.410. The zero-order valence-electron chi connectivity index (χ0n) is 11.6. The number of hydrogen-bond acceptors (Lipinski definition) is 2. The van der Waals surface area contributed by atoms with Crippen molar-refractivity contribution in [2.45, 2.75) is 64.6 Å². The van der Waals surface area contributed by atoms with Crippen LogP contribution >= 0.6 is 0 Å². The second-order valence-corrected chi connectivity index (χ2v) is 5.57. The van der Waals surface area contributed by atoms with E-state index >= 15 is 0 Å². The number of rotatable bonds is 9. The van der Waals surface area contributed by atoms with Crippen molar-refractivity contribution in [1.29, 1.82) is 0 Å². The van der Waals surface area contributed by atoms with Crippen molar-refractivity contribution >= 4 is 0 Å². The third kappa shape index (κ3) is 9.31. The first-order chi connectivity index (χ1) is 7.76.